The molecule has 4 heteroatoms. The van der Waals surface area contributed by atoms with Gasteiger partial charge in [-0.15, -0.1) is 0 Å². The number of nitrogens with zero attached hydrogens (tertiary/aromatic N) is 2. The molecule has 0 unspecified atom stereocenters. The second-order valence-electron chi connectivity index (χ2n) is 9.67. The molecule has 0 aliphatic carbocycles. The zero-order chi connectivity index (χ0) is 22.7. The van der Waals surface area contributed by atoms with Crippen molar-refractivity contribution < 1.29 is 9.53 Å². The number of piperidine rings is 2. The van der Waals surface area contributed by atoms with Gasteiger partial charge in [0.2, 0.25) is 0 Å². The van der Waals surface area contributed by atoms with Gasteiger partial charge in [0.05, 0.1) is 6.61 Å². The first kappa shape index (κ1) is 22.0. The number of hydrogen-bond donors (Lipinski definition) is 0. The lowest BCUT2D eigenvalue weighted by Crippen LogP contribution is -2.48. The quantitative estimate of drug-likeness (QED) is 0.504. The van der Waals surface area contributed by atoms with Crippen LogP contribution in [0, 0.1) is 5.41 Å². The zero-order valence-corrected chi connectivity index (χ0v) is 19.6. The zero-order valence-electron chi connectivity index (χ0n) is 19.6. The minimum absolute atomic E-state index is 0.181. The lowest BCUT2D eigenvalue weighted by molar-refractivity contribution is 0.0283. The van der Waals surface area contributed by atoms with Crippen molar-refractivity contribution in [3.63, 3.8) is 0 Å². The number of hydrogen-bond acceptors (Lipinski definition) is 3. The molecule has 2 heterocycles. The van der Waals surface area contributed by atoms with Gasteiger partial charge in [-0.1, -0.05) is 48.5 Å². The second kappa shape index (κ2) is 9.56. The third-order valence-corrected chi connectivity index (χ3v) is 7.69. The van der Waals surface area contributed by atoms with Crippen LogP contribution in [0.4, 0.5) is 0 Å². The third kappa shape index (κ3) is 4.77. The van der Waals surface area contributed by atoms with Crippen LogP contribution in [0.3, 0.4) is 0 Å². The fraction of sp³-hybridized carbons (Fsp3) is 0.414. The van der Waals surface area contributed by atoms with Crippen LogP contribution in [0.25, 0.3) is 10.8 Å². The summed E-state index contributed by atoms with van der Waals surface area (Å²) in [5.41, 5.74) is 2.49. The van der Waals surface area contributed by atoms with E-state index in [0.29, 0.717) is 12.0 Å². The molecule has 2 saturated heterocycles. The molecule has 2 aliphatic heterocycles. The van der Waals surface area contributed by atoms with E-state index in [0.717, 1.165) is 62.3 Å². The van der Waals surface area contributed by atoms with Crippen molar-refractivity contribution in [1.82, 2.24) is 9.80 Å². The summed E-state index contributed by atoms with van der Waals surface area (Å²) in [4.78, 5) is 17.8. The molecule has 0 radical (unpaired) electrons. The van der Waals surface area contributed by atoms with Gasteiger partial charge >= 0.3 is 0 Å². The molecule has 3 aromatic rings. The highest BCUT2D eigenvalue weighted by Gasteiger charge is 2.38. The first-order chi connectivity index (χ1) is 16.2. The van der Waals surface area contributed by atoms with Crippen molar-refractivity contribution in [3.8, 4) is 5.75 Å². The average molecular weight is 443 g/mol. The molecule has 0 aromatic heterocycles. The first-order valence-electron chi connectivity index (χ1n) is 12.4. The predicted octanol–water partition coefficient (Wildman–Crippen LogP) is 5.76. The minimum atomic E-state index is 0.181. The molecule has 0 saturated carbocycles. The van der Waals surface area contributed by atoms with Gasteiger partial charge in [0.25, 0.3) is 5.91 Å². The summed E-state index contributed by atoms with van der Waals surface area (Å²) in [6, 6.07) is 22.7. The number of carbonyl (C=O) groups excluding carboxylic acids is 1. The molecule has 2 aliphatic rings. The topological polar surface area (TPSA) is 32.8 Å². The Morgan fingerprint density at radius 3 is 2.27 bits per heavy atom. The second-order valence-corrected chi connectivity index (χ2v) is 9.67. The molecular formula is C29H34N2O2. The van der Waals surface area contributed by atoms with Crippen LogP contribution < -0.4 is 4.74 Å². The van der Waals surface area contributed by atoms with E-state index >= 15 is 0 Å². The SMILES string of the molecule is CCOc1ccccc1CN1CCC2(CC1)CCN(C(=O)c1ccc3ccccc3c1)CC2. The molecule has 1 spiro atoms. The molecule has 33 heavy (non-hydrogen) atoms. The summed E-state index contributed by atoms with van der Waals surface area (Å²) in [5.74, 6) is 1.20. The number of benzene rings is 3. The van der Waals surface area contributed by atoms with E-state index in [2.05, 4.69) is 46.2 Å². The number of fused-ring (bicyclic) bond motifs is 1. The number of carbonyl (C=O) groups is 1. The maximum absolute atomic E-state index is 13.2. The van der Waals surface area contributed by atoms with Crippen LogP contribution in [0.2, 0.25) is 0 Å². The Balaban J connectivity index is 1.16. The molecule has 2 fully saturated rings. The third-order valence-electron chi connectivity index (χ3n) is 7.69. The Labute approximate surface area is 197 Å². The molecular weight excluding hydrogens is 408 g/mol. The molecule has 0 bridgehead atoms. The van der Waals surface area contributed by atoms with E-state index in [1.165, 1.54) is 23.8 Å². The van der Waals surface area contributed by atoms with E-state index in [4.69, 9.17) is 4.74 Å². The summed E-state index contributed by atoms with van der Waals surface area (Å²) in [6.45, 7) is 7.70. The molecule has 3 aromatic carbocycles. The molecule has 172 valence electrons. The summed E-state index contributed by atoms with van der Waals surface area (Å²) in [6.07, 6.45) is 4.69. The summed E-state index contributed by atoms with van der Waals surface area (Å²) >= 11 is 0. The lowest BCUT2D eigenvalue weighted by atomic mass is 9.71. The van der Waals surface area contributed by atoms with Gasteiger partial charge in [0.15, 0.2) is 0 Å². The highest BCUT2D eigenvalue weighted by molar-refractivity contribution is 5.98. The standard InChI is InChI=1S/C29H34N2O2/c1-2-33-27-10-6-5-9-26(27)22-30-17-13-29(14-18-30)15-19-31(20-16-29)28(32)25-12-11-23-7-3-4-8-24(23)21-25/h3-12,21H,2,13-20,22H2,1H3. The Morgan fingerprint density at radius 2 is 1.52 bits per heavy atom. The van der Waals surface area contributed by atoms with Crippen LogP contribution in [0.1, 0.15) is 48.5 Å². The van der Waals surface area contributed by atoms with Crippen LogP contribution in [0.5, 0.6) is 5.75 Å². The highest BCUT2D eigenvalue weighted by atomic mass is 16.5. The Kier molecular flexibility index (Phi) is 6.37. The average Bonchev–Trinajstić information content (AvgIpc) is 2.87. The van der Waals surface area contributed by atoms with Gasteiger partial charge in [-0.3, -0.25) is 9.69 Å². The van der Waals surface area contributed by atoms with Gasteiger partial charge < -0.3 is 9.64 Å². The van der Waals surface area contributed by atoms with Crippen LogP contribution in [-0.2, 0) is 6.54 Å². The summed E-state index contributed by atoms with van der Waals surface area (Å²) in [5, 5.41) is 2.32. The summed E-state index contributed by atoms with van der Waals surface area (Å²) < 4.78 is 5.82. The molecule has 5 rings (SSSR count). The Morgan fingerprint density at radius 1 is 0.848 bits per heavy atom. The van der Waals surface area contributed by atoms with Gasteiger partial charge in [-0.25, -0.2) is 0 Å². The Bertz CT molecular complexity index is 1110. The van der Waals surface area contributed by atoms with Crippen molar-refractivity contribution in [2.24, 2.45) is 5.41 Å². The van der Waals surface area contributed by atoms with Crippen LogP contribution in [-0.4, -0.2) is 48.5 Å². The molecule has 0 N–H and O–H groups in total. The molecule has 0 atom stereocenters. The number of likely N-dealkylation sites (tertiary alicyclic amines) is 2. The van der Waals surface area contributed by atoms with Crippen molar-refractivity contribution in [2.75, 3.05) is 32.8 Å². The normalized spacial score (nSPS) is 18.5. The van der Waals surface area contributed by atoms with E-state index in [-0.39, 0.29) is 5.91 Å². The predicted molar refractivity (Wildman–Crippen MR) is 134 cm³/mol. The van der Waals surface area contributed by atoms with Crippen molar-refractivity contribution >= 4 is 16.7 Å². The Hall–Kier alpha value is -2.85. The lowest BCUT2D eigenvalue weighted by Gasteiger charge is -2.47. The molecule has 4 nitrogen and oxygen atoms in total. The number of rotatable bonds is 5. The van der Waals surface area contributed by atoms with Crippen LogP contribution >= 0.6 is 0 Å². The van der Waals surface area contributed by atoms with Gasteiger partial charge in [0.1, 0.15) is 5.75 Å². The van der Waals surface area contributed by atoms with Crippen LogP contribution in [0.15, 0.2) is 66.7 Å². The number of ether oxygens (including phenoxy) is 1. The van der Waals surface area contributed by atoms with Gasteiger partial charge in [-0.05, 0) is 80.1 Å². The maximum Gasteiger partial charge on any atom is 0.253 e. The number of amides is 1. The van der Waals surface area contributed by atoms with E-state index in [9.17, 15) is 4.79 Å². The van der Waals surface area contributed by atoms with Gasteiger partial charge in [-0.2, -0.15) is 0 Å². The highest BCUT2D eigenvalue weighted by Crippen LogP contribution is 2.42. The summed E-state index contributed by atoms with van der Waals surface area (Å²) in [7, 11) is 0. The van der Waals surface area contributed by atoms with Gasteiger partial charge in [0, 0.05) is 30.8 Å². The maximum atomic E-state index is 13.2. The first-order valence-corrected chi connectivity index (χ1v) is 12.4. The van der Waals surface area contributed by atoms with E-state index < -0.39 is 0 Å². The minimum Gasteiger partial charge on any atom is -0.494 e. The monoisotopic (exact) mass is 442 g/mol. The number of para-hydroxylation sites is 1. The fourth-order valence-corrected chi connectivity index (χ4v) is 5.55. The fourth-order valence-electron chi connectivity index (χ4n) is 5.55. The molecule has 1 amide bonds. The van der Waals surface area contributed by atoms with Crippen molar-refractivity contribution in [1.29, 1.82) is 0 Å². The largest absolute Gasteiger partial charge is 0.494 e. The van der Waals surface area contributed by atoms with E-state index in [1.54, 1.807) is 0 Å². The van der Waals surface area contributed by atoms with Crippen molar-refractivity contribution in [2.45, 2.75) is 39.2 Å². The smallest absolute Gasteiger partial charge is 0.253 e. The van der Waals surface area contributed by atoms with E-state index in [1.807, 2.05) is 37.3 Å². The van der Waals surface area contributed by atoms with Crippen molar-refractivity contribution in [3.05, 3.63) is 77.9 Å².